The van der Waals surface area contributed by atoms with Gasteiger partial charge in [0.05, 0.1) is 58.2 Å². The van der Waals surface area contributed by atoms with Crippen LogP contribution in [0, 0.1) is 23.2 Å². The molecule has 12 rings (SSSR count). The number of anilines is 2. The van der Waals surface area contributed by atoms with Gasteiger partial charge in [-0.05, 0) is 124 Å². The third-order valence-corrected chi connectivity index (χ3v) is 14.3. The number of nitrogens with zero attached hydrogens (tertiary/aromatic N) is 7. The number of nitrogens with one attached hydrogen (secondary N) is 4. The van der Waals surface area contributed by atoms with Crippen LogP contribution in [0.15, 0.2) is 122 Å². The number of primary amides is 1. The minimum absolute atomic E-state index is 0.0342. The average Bonchev–Trinajstić information content (AvgIpc) is 4.38. The minimum atomic E-state index is -0.468. The highest BCUT2D eigenvalue weighted by molar-refractivity contribution is 5.96. The van der Waals surface area contributed by atoms with E-state index in [4.69, 9.17) is 35.4 Å². The second-order valence-corrected chi connectivity index (χ2v) is 19.8. The number of fused-ring (bicyclic) bond motifs is 2. The van der Waals surface area contributed by atoms with Crippen molar-refractivity contribution in [2.24, 2.45) is 17.6 Å². The molecule has 4 aliphatic rings. The molecule has 4 aromatic carbocycles. The van der Waals surface area contributed by atoms with Gasteiger partial charge in [-0.15, -0.1) is 0 Å². The number of nitrogens with two attached hydrogens (primary N) is 1. The molecular weight excluding hydrogens is 945 g/mol. The monoisotopic (exact) mass is 1000 g/mol. The van der Waals surface area contributed by atoms with Crippen LogP contribution in [-0.2, 0) is 9.47 Å². The first-order valence-corrected chi connectivity index (χ1v) is 25.9. The number of carbonyl (C=O) groups is 3. The highest BCUT2D eigenvalue weighted by Crippen LogP contribution is 2.32. The van der Waals surface area contributed by atoms with Gasteiger partial charge in [0, 0.05) is 90.5 Å². The molecule has 6 N–H and O–H groups in total. The quantitative estimate of drug-likeness (QED) is 0.0651. The van der Waals surface area contributed by atoms with Crippen LogP contribution in [0.5, 0.6) is 0 Å². The van der Waals surface area contributed by atoms with Gasteiger partial charge in [-0.1, -0.05) is 48.5 Å². The molecule has 0 bridgehead atoms. The molecule has 2 aliphatic carbocycles. The molecule has 0 radical (unpaired) electrons. The third-order valence-electron chi connectivity index (χ3n) is 14.3. The van der Waals surface area contributed by atoms with Crippen molar-refractivity contribution in [1.29, 1.82) is 5.26 Å². The van der Waals surface area contributed by atoms with E-state index in [1.807, 2.05) is 100 Å². The Morgan fingerprint density at radius 2 is 0.933 bits per heavy atom. The Labute approximate surface area is 433 Å². The van der Waals surface area contributed by atoms with Gasteiger partial charge in [0.1, 0.15) is 0 Å². The number of imidazole rings is 2. The molecule has 4 aromatic heterocycles. The molecule has 3 amide bonds. The van der Waals surface area contributed by atoms with Crippen molar-refractivity contribution in [2.75, 3.05) is 50.2 Å². The summed E-state index contributed by atoms with van der Waals surface area (Å²) in [5.74, 6) is 0.526. The minimum Gasteiger partial charge on any atom is -0.382 e. The van der Waals surface area contributed by atoms with E-state index in [2.05, 4.69) is 27.3 Å². The second-order valence-electron chi connectivity index (χ2n) is 19.8. The predicted octanol–water partition coefficient (Wildman–Crippen LogP) is 8.56. The van der Waals surface area contributed by atoms with Crippen molar-refractivity contribution >= 4 is 40.4 Å². The average molecular weight is 1000 g/mol. The first-order chi connectivity index (χ1) is 36.7. The predicted molar refractivity (Wildman–Crippen MR) is 286 cm³/mol. The number of benzene rings is 4. The molecule has 0 spiro atoms. The summed E-state index contributed by atoms with van der Waals surface area (Å²) >= 11 is 0. The number of aromatic nitrogens is 6. The highest BCUT2D eigenvalue weighted by Gasteiger charge is 2.26. The van der Waals surface area contributed by atoms with Gasteiger partial charge in [0.25, 0.3) is 11.8 Å². The van der Waals surface area contributed by atoms with Gasteiger partial charge in [-0.2, -0.15) is 15.5 Å². The lowest BCUT2D eigenvalue weighted by Gasteiger charge is -2.23. The fourth-order valence-corrected chi connectivity index (χ4v) is 9.38. The molecule has 6 heterocycles. The van der Waals surface area contributed by atoms with Gasteiger partial charge in [0.2, 0.25) is 5.91 Å². The lowest BCUT2D eigenvalue weighted by molar-refractivity contribution is 0.0698. The molecule has 17 heteroatoms. The van der Waals surface area contributed by atoms with E-state index in [-0.39, 0.29) is 11.8 Å². The fourth-order valence-electron chi connectivity index (χ4n) is 9.38. The van der Waals surface area contributed by atoms with Crippen molar-refractivity contribution < 1.29 is 23.9 Å². The first kappa shape index (κ1) is 48.8. The lowest BCUT2D eigenvalue weighted by atomic mass is 10.0. The number of hydrogen-bond acceptors (Lipinski definition) is 12. The van der Waals surface area contributed by atoms with E-state index in [0.717, 1.165) is 159 Å². The Morgan fingerprint density at radius 3 is 1.32 bits per heavy atom. The Balaban J connectivity index is 0.000000161. The maximum Gasteiger partial charge on any atom is 0.251 e. The SMILES string of the molecule is N#Cc1ccc(-c2cc(NCC3CCOCC3)c3ncc(-c4ccc(C(=O)NC5CC5)cc4)n3n2)cc1.NC(=O)c1ccc(-c2cc(NCC3CCOCC3)c3ncc(-c4ccc(C(=O)NC5CC5)cc4)n3n2)cc1. The van der Waals surface area contributed by atoms with Gasteiger partial charge in [-0.25, -0.2) is 19.0 Å². The van der Waals surface area contributed by atoms with Crippen molar-refractivity contribution in [1.82, 2.24) is 39.8 Å². The van der Waals surface area contributed by atoms with Crippen molar-refractivity contribution in [3.63, 3.8) is 0 Å². The number of amides is 3. The molecule has 75 heavy (non-hydrogen) atoms. The number of ether oxygens (including phenoxy) is 2. The Kier molecular flexibility index (Phi) is 14.3. The number of carbonyl (C=O) groups excluding carboxylic acids is 3. The van der Waals surface area contributed by atoms with Crippen LogP contribution in [0.2, 0.25) is 0 Å². The van der Waals surface area contributed by atoms with E-state index in [1.165, 1.54) is 0 Å². The summed E-state index contributed by atoms with van der Waals surface area (Å²) in [6.07, 6.45) is 12.0. The number of rotatable bonds is 15. The molecule has 0 atom stereocenters. The van der Waals surface area contributed by atoms with E-state index >= 15 is 0 Å². The summed E-state index contributed by atoms with van der Waals surface area (Å²) in [4.78, 5) is 45.8. The summed E-state index contributed by atoms with van der Waals surface area (Å²) in [5, 5.41) is 32.3. The van der Waals surface area contributed by atoms with E-state index in [1.54, 1.807) is 30.5 Å². The van der Waals surface area contributed by atoms with Crippen LogP contribution < -0.4 is 27.0 Å². The maximum absolute atomic E-state index is 12.4. The maximum atomic E-state index is 12.4. The van der Waals surface area contributed by atoms with E-state index in [0.29, 0.717) is 46.2 Å². The van der Waals surface area contributed by atoms with Crippen molar-refractivity contribution in [2.45, 2.75) is 63.5 Å². The second kappa shape index (κ2) is 21.9. The van der Waals surface area contributed by atoms with Crippen LogP contribution in [0.25, 0.3) is 56.3 Å². The summed E-state index contributed by atoms with van der Waals surface area (Å²) in [6.45, 7) is 4.84. The lowest BCUT2D eigenvalue weighted by Crippen LogP contribution is -2.25. The topological polar surface area (TPSA) is 228 Å². The molecule has 2 aliphatic heterocycles. The third kappa shape index (κ3) is 11.5. The molecule has 380 valence electrons. The zero-order valence-corrected chi connectivity index (χ0v) is 41.5. The molecule has 8 aromatic rings. The Morgan fingerprint density at radius 1 is 0.547 bits per heavy atom. The van der Waals surface area contributed by atoms with E-state index in [9.17, 15) is 19.6 Å². The smallest absolute Gasteiger partial charge is 0.251 e. The Hall–Kier alpha value is -8.46. The Bertz CT molecular complexity index is 3380. The largest absolute Gasteiger partial charge is 0.382 e. The fraction of sp³-hybridized carbons (Fsp3) is 0.310. The van der Waals surface area contributed by atoms with Crippen LogP contribution in [0.1, 0.15) is 88.0 Å². The molecule has 0 unspecified atom stereocenters. The van der Waals surface area contributed by atoms with Crippen LogP contribution in [0.3, 0.4) is 0 Å². The van der Waals surface area contributed by atoms with Gasteiger partial charge < -0.3 is 36.5 Å². The number of nitriles is 1. The van der Waals surface area contributed by atoms with Crippen molar-refractivity contribution in [3.8, 4) is 51.1 Å². The number of hydrogen-bond donors (Lipinski definition) is 5. The highest BCUT2D eigenvalue weighted by atomic mass is 16.5. The summed E-state index contributed by atoms with van der Waals surface area (Å²) in [5.41, 5.74) is 17.8. The molecule has 2 saturated carbocycles. The van der Waals surface area contributed by atoms with Gasteiger partial charge in [-0.3, -0.25) is 14.4 Å². The summed E-state index contributed by atoms with van der Waals surface area (Å²) in [6, 6.07) is 36.5. The van der Waals surface area contributed by atoms with Crippen molar-refractivity contribution in [3.05, 3.63) is 144 Å². The molecule has 2 saturated heterocycles. The van der Waals surface area contributed by atoms with Crippen LogP contribution >= 0.6 is 0 Å². The molecule has 17 nitrogen and oxygen atoms in total. The summed E-state index contributed by atoms with van der Waals surface area (Å²) in [7, 11) is 0. The summed E-state index contributed by atoms with van der Waals surface area (Å²) < 4.78 is 14.7. The normalized spacial score (nSPS) is 15.9. The van der Waals surface area contributed by atoms with Crippen LogP contribution in [0.4, 0.5) is 11.4 Å². The zero-order valence-electron chi connectivity index (χ0n) is 41.5. The zero-order chi connectivity index (χ0) is 51.3. The van der Waals surface area contributed by atoms with E-state index < -0.39 is 5.91 Å². The molecular formula is C58H58N12O5. The van der Waals surface area contributed by atoms with Gasteiger partial charge >= 0.3 is 0 Å². The molecule has 4 fully saturated rings. The standard InChI is InChI=1S/C29H30N6O3.C29H28N6O2/c30-27(36)21-5-1-19(2-6-21)24-15-25(31-16-18-11-13-38-14-12-18)28-32-17-26(35(28)34-24)20-3-7-22(8-4-20)29(37)33-23-9-10-23;30-16-19-1-3-21(4-2-19)25-15-26(31-17-20-11-13-37-14-12-20)28-32-18-27(35(28)34-25)22-5-7-23(8-6-22)29(36)33-24-9-10-24/h1-8,15,17-18,23,31H,9-14,16H2,(H2,30,36)(H,33,37);1-8,15,18,20,24,31H,9-14,17H2,(H,33,36). The van der Waals surface area contributed by atoms with Gasteiger partial charge in [0.15, 0.2) is 11.3 Å². The first-order valence-electron chi connectivity index (χ1n) is 25.9. The van der Waals surface area contributed by atoms with Crippen LogP contribution in [-0.4, -0.2) is 98.5 Å².